The molecule has 0 heterocycles. The molecular weight excluding hydrogens is 419 g/mol. The Labute approximate surface area is 176 Å². The van der Waals surface area contributed by atoms with Gasteiger partial charge in [0.2, 0.25) is 15.9 Å². The van der Waals surface area contributed by atoms with Gasteiger partial charge in [0.25, 0.3) is 0 Å². The first kappa shape index (κ1) is 22.5. The quantitative estimate of drug-likeness (QED) is 0.707. The number of carbonyl (C=O) groups is 1. The SMILES string of the molecule is Cc1ccc([C@@H](C)NC(=O)[C@H](C)N(c2cc(Cl)cc(Cl)c2)S(C)(=O)=O)c(C)c1. The topological polar surface area (TPSA) is 66.5 Å². The maximum Gasteiger partial charge on any atom is 0.244 e. The number of carbonyl (C=O) groups excluding carboxylic acids is 1. The molecule has 0 radical (unpaired) electrons. The molecule has 1 amide bonds. The molecule has 152 valence electrons. The summed E-state index contributed by atoms with van der Waals surface area (Å²) in [5.41, 5.74) is 3.40. The fourth-order valence-corrected chi connectivity index (χ4v) is 4.87. The Morgan fingerprint density at radius 2 is 1.61 bits per heavy atom. The molecule has 2 aromatic carbocycles. The lowest BCUT2D eigenvalue weighted by molar-refractivity contribution is -0.122. The number of halogens is 2. The van der Waals surface area contributed by atoms with Gasteiger partial charge < -0.3 is 5.32 Å². The van der Waals surface area contributed by atoms with Gasteiger partial charge >= 0.3 is 0 Å². The van der Waals surface area contributed by atoms with Gasteiger partial charge in [0, 0.05) is 10.0 Å². The van der Waals surface area contributed by atoms with E-state index in [4.69, 9.17) is 23.2 Å². The van der Waals surface area contributed by atoms with Crippen LogP contribution in [0, 0.1) is 13.8 Å². The van der Waals surface area contributed by atoms with Crippen LogP contribution in [-0.2, 0) is 14.8 Å². The zero-order valence-electron chi connectivity index (χ0n) is 16.5. The van der Waals surface area contributed by atoms with Crippen molar-refractivity contribution in [3.8, 4) is 0 Å². The molecule has 0 fully saturated rings. The summed E-state index contributed by atoms with van der Waals surface area (Å²) in [6, 6.07) is 9.14. The predicted molar refractivity (Wildman–Crippen MR) is 116 cm³/mol. The maximum absolute atomic E-state index is 12.9. The van der Waals surface area contributed by atoms with Gasteiger partial charge in [-0.15, -0.1) is 0 Å². The minimum absolute atomic E-state index is 0.238. The van der Waals surface area contributed by atoms with Crippen molar-refractivity contribution in [3.05, 3.63) is 63.1 Å². The summed E-state index contributed by atoms with van der Waals surface area (Å²) >= 11 is 12.0. The van der Waals surface area contributed by atoms with Crippen LogP contribution in [0.15, 0.2) is 36.4 Å². The number of rotatable bonds is 6. The summed E-state index contributed by atoms with van der Waals surface area (Å²) in [6.07, 6.45) is 1.04. The number of sulfonamides is 1. The van der Waals surface area contributed by atoms with Crippen molar-refractivity contribution in [2.24, 2.45) is 0 Å². The molecule has 0 spiro atoms. The molecule has 2 aromatic rings. The van der Waals surface area contributed by atoms with Crippen LogP contribution in [-0.4, -0.2) is 26.6 Å². The molecule has 0 aromatic heterocycles. The van der Waals surface area contributed by atoms with Gasteiger partial charge in [0.1, 0.15) is 6.04 Å². The summed E-state index contributed by atoms with van der Waals surface area (Å²) in [5, 5.41) is 3.47. The normalized spacial score (nSPS) is 13.7. The number of nitrogens with one attached hydrogen (secondary N) is 1. The highest BCUT2D eigenvalue weighted by Gasteiger charge is 2.30. The van der Waals surface area contributed by atoms with E-state index in [0.717, 1.165) is 27.3 Å². The minimum Gasteiger partial charge on any atom is -0.348 e. The van der Waals surface area contributed by atoms with Crippen molar-refractivity contribution in [3.63, 3.8) is 0 Å². The molecule has 28 heavy (non-hydrogen) atoms. The molecule has 0 aliphatic rings. The van der Waals surface area contributed by atoms with Gasteiger partial charge in [0.15, 0.2) is 0 Å². The Bertz CT molecular complexity index is 973. The average molecular weight is 443 g/mol. The minimum atomic E-state index is -3.75. The molecule has 0 saturated carbocycles. The molecule has 0 saturated heterocycles. The van der Waals surface area contributed by atoms with Crippen LogP contribution in [0.1, 0.15) is 36.6 Å². The first-order chi connectivity index (χ1) is 12.9. The number of amides is 1. The molecule has 0 aliphatic heterocycles. The Morgan fingerprint density at radius 1 is 1.04 bits per heavy atom. The van der Waals surface area contributed by atoms with E-state index in [2.05, 4.69) is 5.32 Å². The third-order valence-corrected chi connectivity index (χ3v) is 6.12. The van der Waals surface area contributed by atoms with Crippen molar-refractivity contribution in [1.82, 2.24) is 5.32 Å². The summed E-state index contributed by atoms with van der Waals surface area (Å²) in [4.78, 5) is 12.9. The number of hydrogen-bond donors (Lipinski definition) is 1. The van der Waals surface area contributed by atoms with Gasteiger partial charge in [-0.2, -0.15) is 0 Å². The zero-order valence-corrected chi connectivity index (χ0v) is 18.8. The van der Waals surface area contributed by atoms with Crippen molar-refractivity contribution in [1.29, 1.82) is 0 Å². The van der Waals surface area contributed by atoms with E-state index in [1.807, 2.05) is 39.0 Å². The van der Waals surface area contributed by atoms with E-state index in [1.54, 1.807) is 0 Å². The fourth-order valence-electron chi connectivity index (χ4n) is 3.20. The Balaban J connectivity index is 2.31. The third-order valence-electron chi connectivity index (χ3n) is 4.44. The third kappa shape index (κ3) is 5.40. The monoisotopic (exact) mass is 442 g/mol. The standard InChI is InChI=1S/C20H24Cl2N2O3S/c1-12-6-7-19(13(2)8-12)14(3)23-20(25)15(4)24(28(5,26)27)18-10-16(21)9-17(22)11-18/h6-11,14-15H,1-5H3,(H,23,25)/t14-,15+/m1/s1. The van der Waals surface area contributed by atoms with Crippen LogP contribution in [0.4, 0.5) is 5.69 Å². The van der Waals surface area contributed by atoms with E-state index < -0.39 is 22.0 Å². The second kappa shape index (κ2) is 8.72. The zero-order chi connectivity index (χ0) is 21.2. The predicted octanol–water partition coefficient (Wildman–Crippen LogP) is 4.64. The summed E-state index contributed by atoms with van der Waals surface area (Å²) < 4.78 is 25.8. The lowest BCUT2D eigenvalue weighted by Gasteiger charge is -2.29. The Morgan fingerprint density at radius 3 is 2.11 bits per heavy atom. The van der Waals surface area contributed by atoms with Crippen molar-refractivity contribution in [2.45, 2.75) is 39.8 Å². The smallest absolute Gasteiger partial charge is 0.244 e. The van der Waals surface area contributed by atoms with E-state index in [1.165, 1.54) is 25.1 Å². The number of nitrogens with zero attached hydrogens (tertiary/aromatic N) is 1. The molecule has 0 bridgehead atoms. The van der Waals surface area contributed by atoms with E-state index in [-0.39, 0.29) is 21.8 Å². The van der Waals surface area contributed by atoms with Gasteiger partial charge in [-0.25, -0.2) is 8.42 Å². The number of benzene rings is 2. The molecule has 1 N–H and O–H groups in total. The number of aryl methyl sites for hydroxylation is 2. The summed E-state index contributed by atoms with van der Waals surface area (Å²) in [5.74, 6) is -0.422. The van der Waals surface area contributed by atoms with E-state index >= 15 is 0 Å². The van der Waals surface area contributed by atoms with Crippen LogP contribution in [0.25, 0.3) is 0 Å². The van der Waals surface area contributed by atoms with Crippen molar-refractivity contribution in [2.75, 3.05) is 10.6 Å². The Kier molecular flexibility index (Phi) is 7.02. The van der Waals surface area contributed by atoms with Crippen molar-refractivity contribution < 1.29 is 13.2 Å². The molecule has 2 rings (SSSR count). The highest BCUT2D eigenvalue weighted by molar-refractivity contribution is 7.92. The molecule has 5 nitrogen and oxygen atoms in total. The van der Waals surface area contributed by atoms with E-state index in [9.17, 15) is 13.2 Å². The van der Waals surface area contributed by atoms with Crippen molar-refractivity contribution >= 4 is 44.8 Å². The first-order valence-electron chi connectivity index (χ1n) is 8.73. The molecular formula is C20H24Cl2N2O3S. The van der Waals surface area contributed by atoms with Crippen LogP contribution in [0.2, 0.25) is 10.0 Å². The second-order valence-electron chi connectivity index (χ2n) is 6.95. The van der Waals surface area contributed by atoms with E-state index in [0.29, 0.717) is 0 Å². The lowest BCUT2D eigenvalue weighted by atomic mass is 10.00. The van der Waals surface area contributed by atoms with Crippen LogP contribution >= 0.6 is 23.2 Å². The molecule has 0 unspecified atom stereocenters. The van der Waals surface area contributed by atoms with Gasteiger partial charge in [0.05, 0.1) is 18.0 Å². The summed E-state index contributed by atoms with van der Waals surface area (Å²) in [6.45, 7) is 7.37. The largest absolute Gasteiger partial charge is 0.348 e. The highest BCUT2D eigenvalue weighted by atomic mass is 35.5. The fraction of sp³-hybridized carbons (Fsp3) is 0.350. The average Bonchev–Trinajstić information content (AvgIpc) is 2.52. The second-order valence-corrected chi connectivity index (χ2v) is 9.69. The van der Waals surface area contributed by atoms with Gasteiger partial charge in [-0.1, -0.05) is 47.0 Å². The first-order valence-corrected chi connectivity index (χ1v) is 11.3. The van der Waals surface area contributed by atoms with Crippen LogP contribution in [0.3, 0.4) is 0 Å². The highest BCUT2D eigenvalue weighted by Crippen LogP contribution is 2.29. The molecule has 0 aliphatic carbocycles. The van der Waals surface area contributed by atoms with Gasteiger partial charge in [-0.05, 0) is 57.0 Å². The molecule has 8 heteroatoms. The lowest BCUT2D eigenvalue weighted by Crippen LogP contribution is -2.48. The molecule has 2 atom stereocenters. The number of anilines is 1. The van der Waals surface area contributed by atoms with Crippen LogP contribution in [0.5, 0.6) is 0 Å². The van der Waals surface area contributed by atoms with Crippen LogP contribution < -0.4 is 9.62 Å². The number of hydrogen-bond acceptors (Lipinski definition) is 3. The summed E-state index contributed by atoms with van der Waals surface area (Å²) in [7, 11) is -3.75. The maximum atomic E-state index is 12.9. The van der Waals surface area contributed by atoms with Gasteiger partial charge in [-0.3, -0.25) is 9.10 Å². The Hall–Kier alpha value is -1.76.